The summed E-state index contributed by atoms with van der Waals surface area (Å²) < 4.78 is 47.4. The van der Waals surface area contributed by atoms with Crippen molar-refractivity contribution in [2.45, 2.75) is 44.4 Å². The molecule has 164 valence electrons. The molecule has 0 aliphatic carbocycles. The lowest BCUT2D eigenvalue weighted by Crippen LogP contribution is -2.13. The van der Waals surface area contributed by atoms with Crippen LogP contribution in [-0.2, 0) is 19.6 Å². The lowest BCUT2D eigenvalue weighted by Gasteiger charge is -2.22. The van der Waals surface area contributed by atoms with Gasteiger partial charge in [-0.3, -0.25) is 0 Å². The number of methoxy groups -OCH3 is 2. The van der Waals surface area contributed by atoms with Gasteiger partial charge >= 0.3 is 10.1 Å². The maximum Gasteiger partial charge on any atom is 0.339 e. The minimum atomic E-state index is -4.04. The maximum atomic E-state index is 12.8. The number of benzene rings is 2. The van der Waals surface area contributed by atoms with Crippen molar-refractivity contribution in [2.75, 3.05) is 21.0 Å². The van der Waals surface area contributed by atoms with Crippen LogP contribution in [0.15, 0.2) is 35.2 Å². The molecule has 1 unspecified atom stereocenters. The molecule has 0 aliphatic rings. The predicted octanol–water partition coefficient (Wildman–Crippen LogP) is 4.15. The Labute approximate surface area is 178 Å². The molecule has 2 rings (SSSR count). The number of ether oxygens (including phenoxy) is 3. The second kappa shape index (κ2) is 10.4. The summed E-state index contributed by atoms with van der Waals surface area (Å²) in [6.45, 7) is 5.48. The molecule has 2 aromatic rings. The van der Waals surface area contributed by atoms with Crippen LogP contribution in [0.1, 0.15) is 42.4 Å². The summed E-state index contributed by atoms with van der Waals surface area (Å²) in [5.41, 5.74) is 2.09. The van der Waals surface area contributed by atoms with Crippen LogP contribution in [-0.4, -0.2) is 35.7 Å². The minimum absolute atomic E-state index is 0.00886. The number of aryl methyl sites for hydroxylation is 1. The van der Waals surface area contributed by atoms with E-state index in [9.17, 15) is 13.2 Å². The second-order valence-corrected chi connectivity index (χ2v) is 8.54. The van der Waals surface area contributed by atoms with Gasteiger partial charge in [-0.1, -0.05) is 24.6 Å². The molecule has 0 heterocycles. The van der Waals surface area contributed by atoms with E-state index >= 15 is 0 Å². The number of rotatable bonds is 11. The molecule has 7 nitrogen and oxygen atoms in total. The first-order chi connectivity index (χ1) is 14.2. The molecule has 0 amide bonds. The van der Waals surface area contributed by atoms with Gasteiger partial charge in [-0.15, -0.1) is 0 Å². The van der Waals surface area contributed by atoms with Gasteiger partial charge in [-0.25, -0.2) is 0 Å². The molecule has 30 heavy (non-hydrogen) atoms. The Bertz CT molecular complexity index is 966. The molecule has 0 saturated carbocycles. The molecule has 2 aromatic carbocycles. The molecule has 0 N–H and O–H groups in total. The van der Waals surface area contributed by atoms with E-state index in [1.165, 1.54) is 26.4 Å². The van der Waals surface area contributed by atoms with Crippen molar-refractivity contribution >= 4 is 16.4 Å². The standard InChI is InChI=1S/C22H28O7S/c1-15-8-10-18(11-9-15)30(24,25)29-20-13-19(16(2)7-6-12-23)22(28-14-26-4)21(27-5)17(20)3/h8-13,16H,6-7,14H2,1-5H3. The van der Waals surface area contributed by atoms with Crippen molar-refractivity contribution in [3.05, 3.63) is 47.0 Å². The van der Waals surface area contributed by atoms with Crippen molar-refractivity contribution in [1.29, 1.82) is 0 Å². The van der Waals surface area contributed by atoms with Gasteiger partial charge in [0.1, 0.15) is 16.9 Å². The van der Waals surface area contributed by atoms with Crippen LogP contribution in [0.2, 0.25) is 0 Å². The zero-order chi connectivity index (χ0) is 22.3. The zero-order valence-electron chi connectivity index (χ0n) is 17.9. The van der Waals surface area contributed by atoms with E-state index in [4.69, 9.17) is 18.4 Å². The van der Waals surface area contributed by atoms with Gasteiger partial charge in [0, 0.05) is 24.7 Å². The molecule has 8 heteroatoms. The Balaban J connectivity index is 2.55. The van der Waals surface area contributed by atoms with Crippen LogP contribution < -0.4 is 13.7 Å². The summed E-state index contributed by atoms with van der Waals surface area (Å²) in [5.74, 6) is 0.832. The van der Waals surface area contributed by atoms with Crippen LogP contribution in [0.4, 0.5) is 0 Å². The van der Waals surface area contributed by atoms with E-state index in [-0.39, 0.29) is 23.4 Å². The topological polar surface area (TPSA) is 88.1 Å². The SMILES string of the molecule is COCOc1c(C(C)CCC=O)cc(OS(=O)(=O)c2ccc(C)cc2)c(C)c1OC. The number of aldehydes is 1. The number of hydrogen-bond acceptors (Lipinski definition) is 7. The van der Waals surface area contributed by atoms with Crippen LogP contribution in [0.25, 0.3) is 0 Å². The molecular weight excluding hydrogens is 408 g/mol. The summed E-state index contributed by atoms with van der Waals surface area (Å²) in [6, 6.07) is 8.04. The van der Waals surface area contributed by atoms with Gasteiger partial charge in [0.2, 0.25) is 0 Å². The summed E-state index contributed by atoms with van der Waals surface area (Å²) in [6.07, 6.45) is 1.76. The largest absolute Gasteiger partial charge is 0.492 e. The molecule has 0 spiro atoms. The van der Waals surface area contributed by atoms with E-state index in [0.717, 1.165) is 11.8 Å². The number of carbonyl (C=O) groups excluding carboxylic acids is 1. The summed E-state index contributed by atoms with van der Waals surface area (Å²) in [7, 11) is -1.07. The summed E-state index contributed by atoms with van der Waals surface area (Å²) in [4.78, 5) is 10.9. The predicted molar refractivity (Wildman–Crippen MR) is 113 cm³/mol. The highest BCUT2D eigenvalue weighted by Gasteiger charge is 2.25. The first kappa shape index (κ1) is 23.7. The van der Waals surface area contributed by atoms with E-state index in [1.54, 1.807) is 25.1 Å². The number of hydrogen-bond donors (Lipinski definition) is 0. The van der Waals surface area contributed by atoms with Crippen LogP contribution >= 0.6 is 0 Å². The monoisotopic (exact) mass is 436 g/mol. The molecule has 0 fully saturated rings. The van der Waals surface area contributed by atoms with Crippen molar-refractivity contribution in [1.82, 2.24) is 0 Å². The quantitative estimate of drug-likeness (QED) is 0.297. The lowest BCUT2D eigenvalue weighted by atomic mass is 9.93. The van der Waals surface area contributed by atoms with Gasteiger partial charge in [0.25, 0.3) is 0 Å². The minimum Gasteiger partial charge on any atom is -0.492 e. The Morgan fingerprint density at radius 1 is 1.07 bits per heavy atom. The lowest BCUT2D eigenvalue weighted by molar-refractivity contribution is -0.108. The molecule has 0 radical (unpaired) electrons. The smallest absolute Gasteiger partial charge is 0.339 e. The molecule has 0 aliphatic heterocycles. The van der Waals surface area contributed by atoms with Gasteiger partial charge in [-0.2, -0.15) is 8.42 Å². The van der Waals surface area contributed by atoms with Gasteiger partial charge < -0.3 is 23.2 Å². The Morgan fingerprint density at radius 3 is 2.30 bits per heavy atom. The fourth-order valence-electron chi connectivity index (χ4n) is 3.04. The summed E-state index contributed by atoms with van der Waals surface area (Å²) >= 11 is 0. The highest BCUT2D eigenvalue weighted by atomic mass is 32.2. The fourth-order valence-corrected chi connectivity index (χ4v) is 4.01. The van der Waals surface area contributed by atoms with E-state index in [2.05, 4.69) is 0 Å². The van der Waals surface area contributed by atoms with E-state index in [1.807, 2.05) is 13.8 Å². The first-order valence-corrected chi connectivity index (χ1v) is 10.9. The van der Waals surface area contributed by atoms with Gasteiger partial charge in [0.05, 0.1) is 7.11 Å². The summed E-state index contributed by atoms with van der Waals surface area (Å²) in [5, 5.41) is 0. The molecule has 0 aromatic heterocycles. The Morgan fingerprint density at radius 2 is 1.73 bits per heavy atom. The third kappa shape index (κ3) is 5.52. The van der Waals surface area contributed by atoms with Crippen LogP contribution in [0.3, 0.4) is 0 Å². The van der Waals surface area contributed by atoms with Crippen molar-refractivity contribution in [3.8, 4) is 17.2 Å². The Kier molecular flexibility index (Phi) is 8.25. The second-order valence-electron chi connectivity index (χ2n) is 7.00. The Hall–Kier alpha value is -2.58. The van der Waals surface area contributed by atoms with Crippen LogP contribution in [0, 0.1) is 13.8 Å². The van der Waals surface area contributed by atoms with Gasteiger partial charge in [-0.05, 0) is 44.4 Å². The average Bonchev–Trinajstić information content (AvgIpc) is 2.72. The van der Waals surface area contributed by atoms with Crippen molar-refractivity contribution in [3.63, 3.8) is 0 Å². The molecular formula is C22H28O7S. The zero-order valence-corrected chi connectivity index (χ0v) is 18.7. The normalized spacial score (nSPS) is 12.3. The third-order valence-electron chi connectivity index (χ3n) is 4.75. The first-order valence-electron chi connectivity index (χ1n) is 9.53. The van der Waals surface area contributed by atoms with Gasteiger partial charge in [0.15, 0.2) is 18.3 Å². The van der Waals surface area contributed by atoms with Crippen molar-refractivity contribution in [2.24, 2.45) is 0 Å². The molecule has 1 atom stereocenters. The van der Waals surface area contributed by atoms with Crippen LogP contribution in [0.5, 0.6) is 17.2 Å². The highest BCUT2D eigenvalue weighted by Crippen LogP contribution is 2.45. The fraction of sp³-hybridized carbons (Fsp3) is 0.409. The van der Waals surface area contributed by atoms with Crippen molar-refractivity contribution < 1.29 is 31.6 Å². The molecule has 0 bridgehead atoms. The number of carbonyl (C=O) groups is 1. The third-order valence-corrected chi connectivity index (χ3v) is 6.00. The average molecular weight is 437 g/mol. The van der Waals surface area contributed by atoms with E-state index in [0.29, 0.717) is 35.5 Å². The maximum absolute atomic E-state index is 12.8. The molecule has 0 saturated heterocycles. The van der Waals surface area contributed by atoms with E-state index < -0.39 is 10.1 Å². The highest BCUT2D eigenvalue weighted by molar-refractivity contribution is 7.87.